The van der Waals surface area contributed by atoms with Gasteiger partial charge in [0.2, 0.25) is 0 Å². The summed E-state index contributed by atoms with van der Waals surface area (Å²) >= 11 is 2.09. The molecule has 0 unspecified atom stereocenters. The molecule has 0 atom stereocenters. The molecule has 3 heteroatoms. The van der Waals surface area contributed by atoms with Crippen molar-refractivity contribution in [1.29, 1.82) is 0 Å². The van der Waals surface area contributed by atoms with Crippen molar-refractivity contribution in [3.05, 3.63) is 28.0 Å². The summed E-state index contributed by atoms with van der Waals surface area (Å²) in [4.78, 5) is 0. The van der Waals surface area contributed by atoms with E-state index in [1.807, 2.05) is 6.07 Å². The van der Waals surface area contributed by atoms with Crippen LogP contribution in [0.4, 0.5) is 0 Å². The number of phenols is 1. The highest BCUT2D eigenvalue weighted by molar-refractivity contribution is 14.1. The van der Waals surface area contributed by atoms with Crippen LogP contribution >= 0.6 is 22.6 Å². The normalized spacial score (nSPS) is 10.6. The van der Waals surface area contributed by atoms with E-state index in [4.69, 9.17) is 4.42 Å². The third kappa shape index (κ3) is 0.994. The fourth-order valence-corrected chi connectivity index (χ4v) is 1.62. The van der Waals surface area contributed by atoms with Crippen molar-refractivity contribution in [2.45, 2.75) is 0 Å². The van der Waals surface area contributed by atoms with Crippen LogP contribution in [0.25, 0.3) is 11.0 Å². The summed E-state index contributed by atoms with van der Waals surface area (Å²) in [6.07, 6.45) is 1.62. The maximum Gasteiger partial charge on any atom is 0.135 e. The van der Waals surface area contributed by atoms with Gasteiger partial charge in [0, 0.05) is 5.39 Å². The number of halogens is 1. The lowest BCUT2D eigenvalue weighted by Gasteiger charge is -1.95. The average molecular weight is 260 g/mol. The summed E-state index contributed by atoms with van der Waals surface area (Å²) in [5, 5.41) is 10.3. The van der Waals surface area contributed by atoms with Gasteiger partial charge in [-0.05, 0) is 40.8 Å². The van der Waals surface area contributed by atoms with Gasteiger partial charge >= 0.3 is 0 Å². The van der Waals surface area contributed by atoms with E-state index in [0.29, 0.717) is 5.75 Å². The molecule has 0 fully saturated rings. The molecular weight excluding hydrogens is 255 g/mol. The van der Waals surface area contributed by atoms with Crippen molar-refractivity contribution >= 4 is 33.6 Å². The van der Waals surface area contributed by atoms with Gasteiger partial charge in [-0.25, -0.2) is 0 Å². The average Bonchev–Trinajstić information content (AvgIpc) is 2.45. The molecule has 1 aromatic heterocycles. The summed E-state index contributed by atoms with van der Waals surface area (Å²) in [5.41, 5.74) is 0.812. The summed E-state index contributed by atoms with van der Waals surface area (Å²) in [6, 6.07) is 5.23. The van der Waals surface area contributed by atoms with Gasteiger partial charge in [0.15, 0.2) is 0 Å². The van der Waals surface area contributed by atoms with Crippen molar-refractivity contribution < 1.29 is 9.52 Å². The number of furan rings is 1. The molecule has 0 aliphatic heterocycles. The summed E-state index contributed by atoms with van der Waals surface area (Å²) in [7, 11) is 0. The van der Waals surface area contributed by atoms with E-state index in [2.05, 4.69) is 22.6 Å². The number of fused-ring (bicyclic) bond motifs is 1. The highest BCUT2D eigenvalue weighted by Crippen LogP contribution is 2.28. The fraction of sp³-hybridized carbons (Fsp3) is 0. The zero-order valence-corrected chi connectivity index (χ0v) is 7.70. The van der Waals surface area contributed by atoms with Crippen LogP contribution in [-0.4, -0.2) is 5.11 Å². The van der Waals surface area contributed by atoms with Crippen LogP contribution in [-0.2, 0) is 0 Å². The number of phenolic OH excluding ortho intramolecular Hbond substituents is 1. The zero-order chi connectivity index (χ0) is 7.84. The molecule has 0 aliphatic carbocycles. The van der Waals surface area contributed by atoms with E-state index in [9.17, 15) is 5.11 Å². The smallest absolute Gasteiger partial charge is 0.135 e. The quantitative estimate of drug-likeness (QED) is 0.739. The first-order valence-corrected chi connectivity index (χ1v) is 4.21. The van der Waals surface area contributed by atoms with Crippen molar-refractivity contribution in [3.63, 3.8) is 0 Å². The second-order valence-corrected chi connectivity index (χ2v) is 3.31. The van der Waals surface area contributed by atoms with Crippen molar-refractivity contribution in [3.8, 4) is 5.75 Å². The Labute approximate surface area is 77.0 Å². The van der Waals surface area contributed by atoms with Crippen LogP contribution in [0, 0.1) is 3.57 Å². The van der Waals surface area contributed by atoms with Crippen LogP contribution in [0.5, 0.6) is 5.75 Å². The number of benzene rings is 1. The van der Waals surface area contributed by atoms with E-state index >= 15 is 0 Å². The Morgan fingerprint density at radius 3 is 2.91 bits per heavy atom. The first kappa shape index (κ1) is 6.97. The molecule has 0 radical (unpaired) electrons. The Morgan fingerprint density at radius 1 is 1.27 bits per heavy atom. The van der Waals surface area contributed by atoms with E-state index in [-0.39, 0.29) is 0 Å². The molecule has 0 bridgehead atoms. The predicted molar refractivity (Wildman–Crippen MR) is 50.6 cm³/mol. The maximum absolute atomic E-state index is 9.29. The molecule has 0 saturated carbocycles. The third-order valence-corrected chi connectivity index (χ3v) is 2.68. The van der Waals surface area contributed by atoms with Crippen LogP contribution in [0.15, 0.2) is 28.9 Å². The van der Waals surface area contributed by atoms with Crippen molar-refractivity contribution in [2.75, 3.05) is 0 Å². The molecule has 2 nitrogen and oxygen atoms in total. The van der Waals surface area contributed by atoms with E-state index in [1.54, 1.807) is 18.4 Å². The molecule has 1 heterocycles. The minimum absolute atomic E-state index is 0.305. The van der Waals surface area contributed by atoms with Gasteiger partial charge < -0.3 is 9.52 Å². The molecule has 56 valence electrons. The topological polar surface area (TPSA) is 33.4 Å². The molecule has 0 saturated heterocycles. The molecule has 0 aliphatic rings. The number of rotatable bonds is 0. The second-order valence-electron chi connectivity index (χ2n) is 2.23. The zero-order valence-electron chi connectivity index (χ0n) is 5.54. The van der Waals surface area contributed by atoms with E-state index < -0.39 is 0 Å². The van der Waals surface area contributed by atoms with Crippen LogP contribution in [0.3, 0.4) is 0 Å². The Kier molecular flexibility index (Phi) is 1.52. The van der Waals surface area contributed by atoms with Gasteiger partial charge in [0.05, 0.1) is 9.83 Å². The molecule has 0 amide bonds. The highest BCUT2D eigenvalue weighted by Gasteiger charge is 2.04. The molecular formula is C8H5IO2. The summed E-state index contributed by atoms with van der Waals surface area (Å²) in [5.74, 6) is 0.305. The Balaban J connectivity index is 2.93. The van der Waals surface area contributed by atoms with E-state index in [1.165, 1.54) is 0 Å². The van der Waals surface area contributed by atoms with Gasteiger partial charge in [-0.15, -0.1) is 0 Å². The van der Waals surface area contributed by atoms with Crippen LogP contribution in [0.1, 0.15) is 0 Å². The van der Waals surface area contributed by atoms with Gasteiger partial charge in [0.25, 0.3) is 0 Å². The molecule has 2 aromatic rings. The number of hydrogen-bond acceptors (Lipinski definition) is 2. The molecule has 11 heavy (non-hydrogen) atoms. The molecule has 2 rings (SSSR count). The number of hydrogen-bond donors (Lipinski definition) is 1. The monoisotopic (exact) mass is 260 g/mol. The van der Waals surface area contributed by atoms with Gasteiger partial charge in [-0.2, -0.15) is 0 Å². The Morgan fingerprint density at radius 2 is 2.09 bits per heavy atom. The Bertz CT molecular complexity index is 392. The SMILES string of the molecule is Oc1ccc2occc2c1I. The summed E-state index contributed by atoms with van der Waals surface area (Å²) < 4.78 is 5.98. The number of aromatic hydroxyl groups is 1. The second kappa shape index (κ2) is 2.41. The first-order valence-electron chi connectivity index (χ1n) is 3.14. The lowest BCUT2D eigenvalue weighted by Crippen LogP contribution is -1.73. The van der Waals surface area contributed by atoms with Crippen LogP contribution in [0.2, 0.25) is 0 Å². The largest absolute Gasteiger partial charge is 0.507 e. The molecule has 0 spiro atoms. The Hall–Kier alpha value is -0.710. The first-order chi connectivity index (χ1) is 5.29. The summed E-state index contributed by atoms with van der Waals surface area (Å²) in [6.45, 7) is 0. The molecule has 1 N–H and O–H groups in total. The van der Waals surface area contributed by atoms with Crippen LogP contribution < -0.4 is 0 Å². The lowest BCUT2D eigenvalue weighted by atomic mass is 10.2. The van der Waals surface area contributed by atoms with E-state index in [0.717, 1.165) is 14.5 Å². The highest BCUT2D eigenvalue weighted by atomic mass is 127. The predicted octanol–water partition coefficient (Wildman–Crippen LogP) is 2.74. The lowest BCUT2D eigenvalue weighted by molar-refractivity contribution is 0.472. The van der Waals surface area contributed by atoms with Crippen molar-refractivity contribution in [1.82, 2.24) is 0 Å². The fourth-order valence-electron chi connectivity index (χ4n) is 0.997. The molecule has 1 aromatic carbocycles. The van der Waals surface area contributed by atoms with Gasteiger partial charge in [-0.3, -0.25) is 0 Å². The third-order valence-electron chi connectivity index (χ3n) is 1.55. The maximum atomic E-state index is 9.29. The van der Waals surface area contributed by atoms with Crippen molar-refractivity contribution in [2.24, 2.45) is 0 Å². The minimum Gasteiger partial charge on any atom is -0.507 e. The standard InChI is InChI=1S/C8H5IO2/c9-8-5-3-4-11-7(5)2-1-6(8)10/h1-4,10H. The van der Waals surface area contributed by atoms with Gasteiger partial charge in [0.1, 0.15) is 11.3 Å². The van der Waals surface area contributed by atoms with Gasteiger partial charge in [-0.1, -0.05) is 0 Å². The minimum atomic E-state index is 0.305.